The fourth-order valence-electron chi connectivity index (χ4n) is 1.72. The molecule has 0 aromatic carbocycles. The molecule has 6 nitrogen and oxygen atoms in total. The molecule has 1 aromatic heterocycles. The number of fused-ring (bicyclic) bond motifs is 1. The molecule has 1 aliphatic rings. The topological polar surface area (TPSA) is 91.9 Å². The lowest BCUT2D eigenvalue weighted by Gasteiger charge is -2.20. The normalized spacial score (nSPS) is 17.9. The summed E-state index contributed by atoms with van der Waals surface area (Å²) >= 11 is 0. The lowest BCUT2D eigenvalue weighted by atomic mass is 10.0. The fourth-order valence-corrected chi connectivity index (χ4v) is 2.83. The Labute approximate surface area is 93.1 Å². The average Bonchev–Trinajstić information content (AvgIpc) is 2.15. The Hall–Kier alpha value is -1.37. The van der Waals surface area contributed by atoms with E-state index < -0.39 is 10.0 Å². The van der Waals surface area contributed by atoms with E-state index in [9.17, 15) is 13.2 Å². The number of anilines is 1. The Morgan fingerprint density at radius 3 is 2.69 bits per heavy atom. The van der Waals surface area contributed by atoms with Gasteiger partial charge in [-0.05, 0) is 12.3 Å². The predicted molar refractivity (Wildman–Crippen MR) is 60.1 cm³/mol. The molecule has 16 heavy (non-hydrogen) atoms. The number of aromatic nitrogens is 2. The summed E-state index contributed by atoms with van der Waals surface area (Å²) < 4.78 is 25.3. The van der Waals surface area contributed by atoms with Crippen molar-refractivity contribution in [1.29, 1.82) is 0 Å². The Balaban J connectivity index is 2.67. The molecule has 0 fully saturated rings. The van der Waals surface area contributed by atoms with Crippen molar-refractivity contribution in [1.82, 2.24) is 10.2 Å². The Bertz CT molecular complexity index is 574. The van der Waals surface area contributed by atoms with E-state index >= 15 is 0 Å². The van der Waals surface area contributed by atoms with Gasteiger partial charge < -0.3 is 0 Å². The number of aromatic amines is 1. The highest BCUT2D eigenvalue weighted by atomic mass is 32.2. The summed E-state index contributed by atoms with van der Waals surface area (Å²) in [6.45, 7) is 3.79. The molecule has 7 heteroatoms. The molecule has 0 unspecified atom stereocenters. The van der Waals surface area contributed by atoms with Crippen molar-refractivity contribution < 1.29 is 8.42 Å². The van der Waals surface area contributed by atoms with E-state index in [0.717, 1.165) is 0 Å². The van der Waals surface area contributed by atoms with Crippen molar-refractivity contribution in [2.24, 2.45) is 0 Å². The molecule has 0 aliphatic carbocycles. The molecule has 0 spiro atoms. The van der Waals surface area contributed by atoms with Gasteiger partial charge in [0.25, 0.3) is 5.56 Å². The van der Waals surface area contributed by atoms with Crippen LogP contribution < -0.4 is 10.3 Å². The smallest absolute Gasteiger partial charge is 0.269 e. The molecule has 0 bridgehead atoms. The molecule has 88 valence electrons. The first kappa shape index (κ1) is 11.1. The number of H-pyrrole nitrogens is 1. The molecule has 0 saturated carbocycles. The minimum atomic E-state index is -3.31. The van der Waals surface area contributed by atoms with E-state index in [1.807, 2.05) is 13.8 Å². The highest BCUT2D eigenvalue weighted by Gasteiger charge is 2.26. The van der Waals surface area contributed by atoms with Crippen molar-refractivity contribution in [2.45, 2.75) is 26.2 Å². The van der Waals surface area contributed by atoms with Crippen molar-refractivity contribution >= 4 is 15.7 Å². The summed E-state index contributed by atoms with van der Waals surface area (Å²) in [5.41, 5.74) is 1.11. The van der Waals surface area contributed by atoms with Gasteiger partial charge in [0.1, 0.15) is 0 Å². The number of sulfonamides is 1. The van der Waals surface area contributed by atoms with Crippen LogP contribution >= 0.6 is 0 Å². The lowest BCUT2D eigenvalue weighted by molar-refractivity contribution is 0.598. The fraction of sp³-hybridized carbons (Fsp3) is 0.556. The zero-order valence-corrected chi connectivity index (χ0v) is 9.89. The lowest BCUT2D eigenvalue weighted by Crippen LogP contribution is -2.31. The number of nitrogens with one attached hydrogen (secondary N) is 2. The Kier molecular flexibility index (Phi) is 2.49. The maximum atomic E-state index is 11.5. The maximum absolute atomic E-state index is 11.5. The van der Waals surface area contributed by atoms with Crippen LogP contribution in [0.2, 0.25) is 0 Å². The molecule has 2 heterocycles. The molecule has 1 aliphatic heterocycles. The van der Waals surface area contributed by atoms with Crippen LogP contribution in [0.1, 0.15) is 31.0 Å². The first-order chi connectivity index (χ1) is 7.41. The second kappa shape index (κ2) is 3.58. The van der Waals surface area contributed by atoms with E-state index in [4.69, 9.17) is 0 Å². The van der Waals surface area contributed by atoms with Crippen molar-refractivity contribution in [3.8, 4) is 0 Å². The quantitative estimate of drug-likeness (QED) is 0.736. The standard InChI is InChI=1S/C9H13N3O3S/c1-5(2)7-8-6(9(13)11-10-7)3-4-16(14,15)12-8/h5,12H,3-4H2,1-2H3,(H,11,13). The van der Waals surface area contributed by atoms with Gasteiger partial charge in [0, 0.05) is 5.56 Å². The van der Waals surface area contributed by atoms with Crippen molar-refractivity contribution in [2.75, 3.05) is 10.5 Å². The summed E-state index contributed by atoms with van der Waals surface area (Å²) in [4.78, 5) is 11.5. The molecule has 2 N–H and O–H groups in total. The minimum Gasteiger partial charge on any atom is -0.281 e. The van der Waals surface area contributed by atoms with E-state index in [1.54, 1.807) is 0 Å². The van der Waals surface area contributed by atoms with Gasteiger partial charge >= 0.3 is 0 Å². The van der Waals surface area contributed by atoms with Gasteiger partial charge in [-0.25, -0.2) is 13.5 Å². The number of nitrogens with zero attached hydrogens (tertiary/aromatic N) is 1. The SMILES string of the molecule is CC(C)c1n[nH]c(=O)c2c1NS(=O)(=O)CC2. The van der Waals surface area contributed by atoms with Crippen LogP contribution in [0.4, 0.5) is 5.69 Å². The summed E-state index contributed by atoms with van der Waals surface area (Å²) in [5.74, 6) is -0.00337. The minimum absolute atomic E-state index is 0.0476. The van der Waals surface area contributed by atoms with Crippen LogP contribution in [0.15, 0.2) is 4.79 Å². The molecule has 0 radical (unpaired) electrons. The highest BCUT2D eigenvalue weighted by Crippen LogP contribution is 2.27. The first-order valence-corrected chi connectivity index (χ1v) is 6.68. The van der Waals surface area contributed by atoms with Crippen LogP contribution in [-0.4, -0.2) is 24.4 Å². The van der Waals surface area contributed by atoms with Gasteiger partial charge in [-0.2, -0.15) is 5.10 Å². The van der Waals surface area contributed by atoms with Crippen LogP contribution in [-0.2, 0) is 16.4 Å². The van der Waals surface area contributed by atoms with Gasteiger partial charge in [-0.15, -0.1) is 0 Å². The van der Waals surface area contributed by atoms with Gasteiger partial charge in [-0.1, -0.05) is 13.8 Å². The molecule has 1 aromatic rings. The molecule has 0 saturated heterocycles. The summed E-state index contributed by atoms with van der Waals surface area (Å²) in [5, 5.41) is 6.29. The van der Waals surface area contributed by atoms with Crippen LogP contribution in [0, 0.1) is 0 Å². The molecule has 0 amide bonds. The second-order valence-corrected chi connectivity index (χ2v) is 5.96. The molecular weight excluding hydrogens is 230 g/mol. The highest BCUT2D eigenvalue weighted by molar-refractivity contribution is 7.92. The van der Waals surface area contributed by atoms with Gasteiger partial charge in [-0.3, -0.25) is 9.52 Å². The predicted octanol–water partition coefficient (Wildman–Crippen LogP) is 0.191. The second-order valence-electron chi connectivity index (χ2n) is 4.12. The van der Waals surface area contributed by atoms with E-state index in [1.165, 1.54) is 0 Å². The summed E-state index contributed by atoms with van der Waals surface area (Å²) in [6.07, 6.45) is 0.238. The zero-order valence-electron chi connectivity index (χ0n) is 9.07. The number of rotatable bonds is 1. The number of hydrogen-bond acceptors (Lipinski definition) is 4. The van der Waals surface area contributed by atoms with Crippen molar-refractivity contribution in [3.05, 3.63) is 21.6 Å². The Morgan fingerprint density at radius 2 is 2.06 bits per heavy atom. The van der Waals surface area contributed by atoms with Gasteiger partial charge in [0.2, 0.25) is 10.0 Å². The van der Waals surface area contributed by atoms with Gasteiger partial charge in [0.05, 0.1) is 17.1 Å². The summed E-state index contributed by atoms with van der Waals surface area (Å²) in [7, 11) is -3.31. The number of hydrogen-bond donors (Lipinski definition) is 2. The van der Waals surface area contributed by atoms with Crippen LogP contribution in [0.5, 0.6) is 0 Å². The van der Waals surface area contributed by atoms with Crippen LogP contribution in [0.3, 0.4) is 0 Å². The first-order valence-electron chi connectivity index (χ1n) is 5.02. The van der Waals surface area contributed by atoms with Gasteiger partial charge in [0.15, 0.2) is 0 Å². The molecule has 2 rings (SSSR count). The molecular formula is C9H13N3O3S. The molecule has 0 atom stereocenters. The zero-order chi connectivity index (χ0) is 11.9. The third-order valence-corrected chi connectivity index (χ3v) is 3.79. The summed E-state index contributed by atoms with van der Waals surface area (Å²) in [6, 6.07) is 0. The van der Waals surface area contributed by atoms with Crippen LogP contribution in [0.25, 0.3) is 0 Å². The third kappa shape index (κ3) is 1.82. The Morgan fingerprint density at radius 1 is 1.38 bits per heavy atom. The van der Waals surface area contributed by atoms with Crippen molar-refractivity contribution in [3.63, 3.8) is 0 Å². The third-order valence-electron chi connectivity index (χ3n) is 2.54. The monoisotopic (exact) mass is 243 g/mol. The maximum Gasteiger partial charge on any atom is 0.269 e. The largest absolute Gasteiger partial charge is 0.281 e. The van der Waals surface area contributed by atoms with E-state index in [0.29, 0.717) is 16.9 Å². The van der Waals surface area contributed by atoms with E-state index in [2.05, 4.69) is 14.9 Å². The average molecular weight is 243 g/mol. The van der Waals surface area contributed by atoms with E-state index in [-0.39, 0.29) is 23.7 Å².